The summed E-state index contributed by atoms with van der Waals surface area (Å²) in [7, 11) is 1.25. The fourth-order valence-corrected chi connectivity index (χ4v) is 3.08. The van der Waals surface area contributed by atoms with E-state index in [0.717, 1.165) is 17.5 Å². The average Bonchev–Trinajstić information content (AvgIpc) is 2.79. The zero-order chi connectivity index (χ0) is 22.5. The molecule has 2 aromatic carbocycles. The van der Waals surface area contributed by atoms with E-state index in [4.69, 9.17) is 14.2 Å². The first kappa shape index (κ1) is 24.4. The van der Waals surface area contributed by atoms with Gasteiger partial charge in [-0.3, -0.25) is 0 Å². The molecule has 0 spiro atoms. The first-order valence-corrected chi connectivity index (χ1v) is 10.3. The molecule has 0 saturated carbocycles. The van der Waals surface area contributed by atoms with Crippen molar-refractivity contribution in [2.45, 2.75) is 38.5 Å². The highest BCUT2D eigenvalue weighted by molar-refractivity contribution is 5.81. The van der Waals surface area contributed by atoms with Crippen molar-refractivity contribution in [2.24, 2.45) is 5.92 Å². The van der Waals surface area contributed by atoms with E-state index in [-0.39, 0.29) is 19.1 Å². The molecule has 2 aromatic rings. The van der Waals surface area contributed by atoms with Crippen LogP contribution in [0, 0.1) is 5.92 Å². The molecule has 7 nitrogen and oxygen atoms in total. The van der Waals surface area contributed by atoms with Crippen molar-refractivity contribution in [2.75, 3.05) is 20.3 Å². The van der Waals surface area contributed by atoms with Gasteiger partial charge in [0.2, 0.25) is 0 Å². The Morgan fingerprint density at radius 1 is 1.00 bits per heavy atom. The number of methoxy groups -OCH3 is 1. The van der Waals surface area contributed by atoms with Crippen LogP contribution in [0.25, 0.3) is 0 Å². The molecule has 0 heterocycles. The fourth-order valence-electron chi connectivity index (χ4n) is 3.08. The number of nitrogens with one attached hydrogen (secondary N) is 1. The highest BCUT2D eigenvalue weighted by atomic mass is 16.6. The summed E-state index contributed by atoms with van der Waals surface area (Å²) in [5.74, 6) is -0.601. The van der Waals surface area contributed by atoms with Gasteiger partial charge in [-0.2, -0.15) is 0 Å². The number of esters is 1. The van der Waals surface area contributed by atoms with Crippen molar-refractivity contribution < 1.29 is 28.9 Å². The van der Waals surface area contributed by atoms with Crippen molar-refractivity contribution in [3.63, 3.8) is 0 Å². The Balaban J connectivity index is 1.78. The van der Waals surface area contributed by atoms with Gasteiger partial charge in [0.25, 0.3) is 0 Å². The summed E-state index contributed by atoms with van der Waals surface area (Å²) in [4.78, 5) is 24.0. The number of rotatable bonds is 12. The van der Waals surface area contributed by atoms with Gasteiger partial charge in [0, 0.05) is 6.61 Å². The quantitative estimate of drug-likeness (QED) is 0.398. The molecule has 0 aliphatic carbocycles. The molecule has 0 bridgehead atoms. The van der Waals surface area contributed by atoms with Crippen LogP contribution in [-0.4, -0.2) is 49.6 Å². The molecule has 2 N–H and O–H groups in total. The van der Waals surface area contributed by atoms with Gasteiger partial charge in [0.15, 0.2) is 6.04 Å². The van der Waals surface area contributed by atoms with Crippen LogP contribution < -0.4 is 5.32 Å². The molecule has 2 rings (SSSR count). The van der Waals surface area contributed by atoms with E-state index >= 15 is 0 Å². The molecule has 2 unspecified atom stereocenters. The van der Waals surface area contributed by atoms with Crippen molar-refractivity contribution in [3.05, 3.63) is 71.8 Å². The third kappa shape index (κ3) is 9.19. The Bertz CT molecular complexity index is 781. The molecule has 7 heteroatoms. The summed E-state index contributed by atoms with van der Waals surface area (Å²) < 4.78 is 15.5. The number of benzene rings is 2. The van der Waals surface area contributed by atoms with Crippen molar-refractivity contribution in [3.8, 4) is 0 Å². The maximum atomic E-state index is 12.1. The van der Waals surface area contributed by atoms with Gasteiger partial charge in [-0.25, -0.2) is 9.59 Å². The van der Waals surface area contributed by atoms with Crippen LogP contribution in [-0.2, 0) is 32.0 Å². The van der Waals surface area contributed by atoms with Crippen LogP contribution >= 0.6 is 0 Å². The van der Waals surface area contributed by atoms with Gasteiger partial charge in [0.05, 0.1) is 19.8 Å². The van der Waals surface area contributed by atoms with Gasteiger partial charge in [-0.05, 0) is 36.8 Å². The lowest BCUT2D eigenvalue weighted by Gasteiger charge is -2.21. The van der Waals surface area contributed by atoms with Gasteiger partial charge in [-0.1, -0.05) is 60.7 Å². The Morgan fingerprint density at radius 2 is 1.61 bits per heavy atom. The lowest BCUT2D eigenvalue weighted by Crippen LogP contribution is -2.45. The van der Waals surface area contributed by atoms with Gasteiger partial charge in [0.1, 0.15) is 6.61 Å². The standard InChI is InChI=1S/C24H31NO6/c1-18(26)21(15-19-9-5-3-6-10-19)13-14-30-17-22(23(27)29-2)25-24(28)31-16-20-11-7-4-8-12-20/h3-12,18,21-22,26H,13-17H2,1-2H3,(H,25,28)/t18-,21?,22?/m0/s1. The average molecular weight is 430 g/mol. The summed E-state index contributed by atoms with van der Waals surface area (Å²) in [6.07, 6.45) is 0.116. The molecule has 0 aliphatic heterocycles. The topological polar surface area (TPSA) is 94.1 Å². The zero-order valence-corrected chi connectivity index (χ0v) is 18.0. The lowest BCUT2D eigenvalue weighted by atomic mass is 9.92. The predicted octanol–water partition coefficient (Wildman–Crippen LogP) is 3.10. The third-order valence-corrected chi connectivity index (χ3v) is 4.93. The molecule has 0 saturated heterocycles. The summed E-state index contributed by atoms with van der Waals surface area (Å²) in [6, 6.07) is 18.2. The van der Waals surface area contributed by atoms with E-state index in [1.807, 2.05) is 60.7 Å². The molecule has 3 atom stereocenters. The Morgan fingerprint density at radius 3 is 2.19 bits per heavy atom. The number of aliphatic hydroxyl groups excluding tert-OH is 1. The zero-order valence-electron chi connectivity index (χ0n) is 18.0. The van der Waals surface area contributed by atoms with Crippen LogP contribution in [0.3, 0.4) is 0 Å². The molecule has 168 valence electrons. The normalized spacial score (nSPS) is 13.6. The summed E-state index contributed by atoms with van der Waals surface area (Å²) >= 11 is 0. The molecule has 0 aromatic heterocycles. The van der Waals surface area contributed by atoms with Crippen LogP contribution in [0.5, 0.6) is 0 Å². The molecule has 31 heavy (non-hydrogen) atoms. The Kier molecular flexibility index (Phi) is 10.5. The van der Waals surface area contributed by atoms with E-state index in [1.54, 1.807) is 6.92 Å². The van der Waals surface area contributed by atoms with Crippen molar-refractivity contribution in [1.82, 2.24) is 5.32 Å². The second kappa shape index (κ2) is 13.4. The molecule has 1 amide bonds. The maximum absolute atomic E-state index is 12.1. The molecule has 0 aliphatic rings. The minimum atomic E-state index is -0.979. The highest BCUT2D eigenvalue weighted by Crippen LogP contribution is 2.16. The highest BCUT2D eigenvalue weighted by Gasteiger charge is 2.23. The lowest BCUT2D eigenvalue weighted by molar-refractivity contribution is -0.144. The Labute approximate surface area is 183 Å². The summed E-state index contributed by atoms with van der Waals surface area (Å²) in [6.45, 7) is 2.13. The summed E-state index contributed by atoms with van der Waals surface area (Å²) in [5.41, 5.74) is 1.98. The number of ether oxygens (including phenoxy) is 3. The summed E-state index contributed by atoms with van der Waals surface area (Å²) in [5, 5.41) is 12.6. The number of amides is 1. The van der Waals surface area contributed by atoms with Crippen LogP contribution in [0.4, 0.5) is 4.79 Å². The number of carbonyl (C=O) groups excluding carboxylic acids is 2. The van der Waals surface area contributed by atoms with Crippen molar-refractivity contribution in [1.29, 1.82) is 0 Å². The Hall–Kier alpha value is -2.90. The number of aliphatic hydroxyl groups is 1. The number of alkyl carbamates (subject to hydrolysis) is 1. The van der Waals surface area contributed by atoms with E-state index in [9.17, 15) is 14.7 Å². The van der Waals surface area contributed by atoms with Gasteiger partial charge >= 0.3 is 12.1 Å². The van der Waals surface area contributed by atoms with Gasteiger partial charge in [-0.15, -0.1) is 0 Å². The number of carbonyl (C=O) groups is 2. The predicted molar refractivity (Wildman–Crippen MR) is 116 cm³/mol. The van der Waals surface area contributed by atoms with Crippen LogP contribution in [0.15, 0.2) is 60.7 Å². The molecule has 0 radical (unpaired) electrons. The van der Waals surface area contributed by atoms with E-state index in [0.29, 0.717) is 13.0 Å². The maximum Gasteiger partial charge on any atom is 0.408 e. The second-order valence-electron chi connectivity index (χ2n) is 7.34. The van der Waals surface area contributed by atoms with E-state index in [1.165, 1.54) is 7.11 Å². The number of hydrogen-bond acceptors (Lipinski definition) is 6. The number of hydrogen-bond donors (Lipinski definition) is 2. The SMILES string of the molecule is COC(=O)C(COCCC(Cc1ccccc1)[C@H](C)O)NC(=O)OCc1ccccc1. The van der Waals surface area contributed by atoms with Crippen molar-refractivity contribution >= 4 is 12.1 Å². The molecule has 0 fully saturated rings. The minimum Gasteiger partial charge on any atom is -0.467 e. The molecular weight excluding hydrogens is 398 g/mol. The largest absolute Gasteiger partial charge is 0.467 e. The first-order valence-electron chi connectivity index (χ1n) is 10.3. The van der Waals surface area contributed by atoms with Gasteiger partial charge < -0.3 is 24.6 Å². The van der Waals surface area contributed by atoms with Crippen LogP contribution in [0.1, 0.15) is 24.5 Å². The minimum absolute atomic E-state index is 0.0165. The van der Waals surface area contributed by atoms with Crippen LogP contribution in [0.2, 0.25) is 0 Å². The second-order valence-corrected chi connectivity index (χ2v) is 7.34. The van der Waals surface area contributed by atoms with E-state index in [2.05, 4.69) is 5.32 Å². The smallest absolute Gasteiger partial charge is 0.408 e. The fraction of sp³-hybridized carbons (Fsp3) is 0.417. The molecular formula is C24H31NO6. The monoisotopic (exact) mass is 429 g/mol. The first-order chi connectivity index (χ1) is 15.0. The third-order valence-electron chi connectivity index (χ3n) is 4.93. The van der Waals surface area contributed by atoms with E-state index < -0.39 is 24.2 Å².